The van der Waals surface area contributed by atoms with E-state index in [-0.39, 0.29) is 5.41 Å². The van der Waals surface area contributed by atoms with Crippen LogP contribution in [0.3, 0.4) is 0 Å². The number of pyridine rings is 1. The van der Waals surface area contributed by atoms with Crippen LogP contribution >= 0.6 is 0 Å². The zero-order chi connectivity index (χ0) is 17.4. The van der Waals surface area contributed by atoms with Crippen LogP contribution in [0.25, 0.3) is 28.2 Å². The lowest BCUT2D eigenvalue weighted by molar-refractivity contribution is 0.590. The summed E-state index contributed by atoms with van der Waals surface area (Å²) < 4.78 is 2.18. The van der Waals surface area contributed by atoms with E-state index in [9.17, 15) is 0 Å². The van der Waals surface area contributed by atoms with Gasteiger partial charge in [0, 0.05) is 17.4 Å². The molecule has 4 rings (SSSR count). The van der Waals surface area contributed by atoms with Crippen molar-refractivity contribution in [1.29, 1.82) is 0 Å². The highest BCUT2D eigenvalue weighted by molar-refractivity contribution is 5.80. The second-order valence-corrected chi connectivity index (χ2v) is 7.28. The second-order valence-electron chi connectivity index (χ2n) is 7.28. The number of aromatic nitrogens is 3. The largest absolute Gasteiger partial charge is 0.291 e. The van der Waals surface area contributed by atoms with E-state index in [2.05, 4.69) is 72.8 Å². The lowest BCUT2D eigenvalue weighted by Crippen LogP contribution is -2.10. The van der Waals surface area contributed by atoms with Crippen LogP contribution in [0.15, 0.2) is 72.9 Å². The van der Waals surface area contributed by atoms with Crippen LogP contribution in [-0.4, -0.2) is 14.5 Å². The molecule has 4 aromatic rings. The maximum Gasteiger partial charge on any atom is 0.178 e. The molecule has 0 bridgehead atoms. The molecule has 0 aliphatic rings. The Bertz CT molecular complexity index is 1010. The van der Waals surface area contributed by atoms with E-state index >= 15 is 0 Å². The number of hydrogen-bond donors (Lipinski definition) is 0. The zero-order valence-corrected chi connectivity index (χ0v) is 14.8. The van der Waals surface area contributed by atoms with E-state index in [1.807, 2.05) is 24.3 Å². The van der Waals surface area contributed by atoms with Crippen molar-refractivity contribution in [3.05, 3.63) is 78.5 Å². The van der Waals surface area contributed by atoms with Gasteiger partial charge in [0.1, 0.15) is 5.82 Å². The Balaban J connectivity index is 1.93. The minimum absolute atomic E-state index is 0.139. The predicted octanol–water partition coefficient (Wildman–Crippen LogP) is 5.39. The molecule has 25 heavy (non-hydrogen) atoms. The number of hydrogen-bond acceptors (Lipinski definition) is 2. The van der Waals surface area contributed by atoms with Crippen LogP contribution in [0.5, 0.6) is 0 Å². The normalized spacial score (nSPS) is 11.8. The molecular weight excluding hydrogens is 306 g/mol. The van der Waals surface area contributed by atoms with Crippen molar-refractivity contribution >= 4 is 11.2 Å². The summed E-state index contributed by atoms with van der Waals surface area (Å²) in [6.45, 7) is 6.68. The van der Waals surface area contributed by atoms with Gasteiger partial charge in [-0.2, -0.15) is 0 Å². The number of imidazole rings is 1. The van der Waals surface area contributed by atoms with Gasteiger partial charge >= 0.3 is 0 Å². The van der Waals surface area contributed by atoms with Gasteiger partial charge in [-0.3, -0.25) is 4.57 Å². The lowest BCUT2D eigenvalue weighted by Gasteiger charge is -2.19. The summed E-state index contributed by atoms with van der Waals surface area (Å²) in [5, 5.41) is 0. The SMILES string of the molecule is CC(C)(C)c1ccc(-c2nc3ncccc3n2-c2ccccc2)cc1. The molecule has 0 N–H and O–H groups in total. The summed E-state index contributed by atoms with van der Waals surface area (Å²) >= 11 is 0. The van der Waals surface area contributed by atoms with Gasteiger partial charge in [-0.1, -0.05) is 63.2 Å². The van der Waals surface area contributed by atoms with Crippen molar-refractivity contribution in [2.75, 3.05) is 0 Å². The molecule has 2 aromatic heterocycles. The van der Waals surface area contributed by atoms with Gasteiger partial charge in [0.25, 0.3) is 0 Å². The Morgan fingerprint density at radius 3 is 2.20 bits per heavy atom. The minimum atomic E-state index is 0.139. The van der Waals surface area contributed by atoms with Crippen molar-refractivity contribution in [3.8, 4) is 17.1 Å². The quantitative estimate of drug-likeness (QED) is 0.494. The Morgan fingerprint density at radius 1 is 0.800 bits per heavy atom. The molecule has 0 spiro atoms. The van der Waals surface area contributed by atoms with E-state index in [4.69, 9.17) is 4.98 Å². The highest BCUT2D eigenvalue weighted by Gasteiger charge is 2.17. The van der Waals surface area contributed by atoms with E-state index in [0.29, 0.717) is 0 Å². The Morgan fingerprint density at radius 2 is 1.52 bits per heavy atom. The third-order valence-electron chi connectivity index (χ3n) is 4.45. The standard InChI is InChI=1S/C22H21N3/c1-22(2,3)17-13-11-16(12-14-17)21-24-20-19(10-7-15-23-20)25(21)18-8-5-4-6-9-18/h4-15H,1-3H3. The van der Waals surface area contributed by atoms with Gasteiger partial charge in [0.15, 0.2) is 5.65 Å². The predicted molar refractivity (Wildman–Crippen MR) is 103 cm³/mol. The maximum absolute atomic E-state index is 4.80. The summed E-state index contributed by atoms with van der Waals surface area (Å²) in [4.78, 5) is 9.24. The van der Waals surface area contributed by atoms with E-state index < -0.39 is 0 Å². The molecule has 0 aliphatic carbocycles. The van der Waals surface area contributed by atoms with Gasteiger partial charge in [0.2, 0.25) is 0 Å². The van der Waals surface area contributed by atoms with E-state index in [1.54, 1.807) is 6.20 Å². The molecule has 0 saturated heterocycles. The molecule has 0 saturated carbocycles. The average Bonchev–Trinajstić information content (AvgIpc) is 3.01. The van der Waals surface area contributed by atoms with Crippen LogP contribution in [0.1, 0.15) is 26.3 Å². The van der Waals surface area contributed by atoms with Gasteiger partial charge in [-0.05, 0) is 35.2 Å². The van der Waals surface area contributed by atoms with Crippen molar-refractivity contribution in [3.63, 3.8) is 0 Å². The summed E-state index contributed by atoms with van der Waals surface area (Å²) in [6, 6.07) is 23.0. The fourth-order valence-electron chi connectivity index (χ4n) is 3.06. The van der Waals surface area contributed by atoms with Gasteiger partial charge in [-0.25, -0.2) is 9.97 Å². The van der Waals surface area contributed by atoms with Crippen LogP contribution in [0, 0.1) is 0 Å². The molecule has 0 unspecified atom stereocenters. The minimum Gasteiger partial charge on any atom is -0.291 e. The van der Waals surface area contributed by atoms with Gasteiger partial charge < -0.3 is 0 Å². The Labute approximate surface area is 148 Å². The van der Waals surface area contributed by atoms with Crippen LogP contribution < -0.4 is 0 Å². The number of nitrogens with zero attached hydrogens (tertiary/aromatic N) is 3. The third kappa shape index (κ3) is 2.82. The first-order chi connectivity index (χ1) is 12.0. The monoisotopic (exact) mass is 327 g/mol. The van der Waals surface area contributed by atoms with Crippen molar-refractivity contribution in [2.24, 2.45) is 0 Å². The second kappa shape index (κ2) is 5.85. The van der Waals surface area contributed by atoms with Crippen LogP contribution in [0.2, 0.25) is 0 Å². The molecule has 2 heterocycles. The molecule has 2 aromatic carbocycles. The molecule has 3 heteroatoms. The number of benzene rings is 2. The van der Waals surface area contributed by atoms with Crippen LogP contribution in [-0.2, 0) is 5.41 Å². The van der Waals surface area contributed by atoms with Crippen molar-refractivity contribution < 1.29 is 0 Å². The third-order valence-corrected chi connectivity index (χ3v) is 4.45. The first-order valence-electron chi connectivity index (χ1n) is 8.54. The number of rotatable bonds is 2. The van der Waals surface area contributed by atoms with Gasteiger partial charge in [0.05, 0.1) is 5.52 Å². The summed E-state index contributed by atoms with van der Waals surface area (Å²) in [5.41, 5.74) is 5.42. The Kier molecular flexibility index (Phi) is 3.65. The summed E-state index contributed by atoms with van der Waals surface area (Å²) in [6.07, 6.45) is 1.79. The fourth-order valence-corrected chi connectivity index (χ4v) is 3.06. The number of para-hydroxylation sites is 1. The molecule has 0 amide bonds. The zero-order valence-electron chi connectivity index (χ0n) is 14.8. The molecule has 0 fully saturated rings. The molecule has 3 nitrogen and oxygen atoms in total. The maximum atomic E-state index is 4.80. The summed E-state index contributed by atoms with van der Waals surface area (Å²) in [7, 11) is 0. The fraction of sp³-hybridized carbons (Fsp3) is 0.182. The Hall–Kier alpha value is -2.94. The molecule has 0 radical (unpaired) electrons. The van der Waals surface area contributed by atoms with Crippen LogP contribution in [0.4, 0.5) is 0 Å². The highest BCUT2D eigenvalue weighted by atomic mass is 15.1. The van der Waals surface area contributed by atoms with E-state index in [1.165, 1.54) is 5.56 Å². The summed E-state index contributed by atoms with van der Waals surface area (Å²) in [5.74, 6) is 0.917. The topological polar surface area (TPSA) is 30.7 Å². The average molecular weight is 327 g/mol. The van der Waals surface area contributed by atoms with E-state index in [0.717, 1.165) is 28.2 Å². The van der Waals surface area contributed by atoms with Gasteiger partial charge in [-0.15, -0.1) is 0 Å². The highest BCUT2D eigenvalue weighted by Crippen LogP contribution is 2.30. The number of fused-ring (bicyclic) bond motifs is 1. The molecular formula is C22H21N3. The van der Waals surface area contributed by atoms with Crippen molar-refractivity contribution in [1.82, 2.24) is 14.5 Å². The lowest BCUT2D eigenvalue weighted by atomic mass is 9.87. The molecule has 0 atom stereocenters. The first kappa shape index (κ1) is 15.6. The molecule has 0 aliphatic heterocycles. The van der Waals surface area contributed by atoms with Crippen molar-refractivity contribution in [2.45, 2.75) is 26.2 Å². The first-order valence-corrected chi connectivity index (χ1v) is 8.54. The molecule has 124 valence electrons. The smallest absolute Gasteiger partial charge is 0.178 e.